The van der Waals surface area contributed by atoms with Crippen LogP contribution in [-0.2, 0) is 4.74 Å². The molecule has 8 nitrogen and oxygen atoms in total. The molecule has 19 heavy (non-hydrogen) atoms. The molecule has 0 spiro atoms. The number of nitrogen functional groups attached to an aromatic ring is 1. The van der Waals surface area contributed by atoms with E-state index in [9.17, 15) is 10.2 Å². The third-order valence-corrected chi connectivity index (χ3v) is 3.77. The summed E-state index contributed by atoms with van der Waals surface area (Å²) >= 11 is 1.39. The number of rotatable bonds is 1. The second kappa shape index (κ2) is 4.67. The number of ether oxygens (including phenoxy) is 1. The van der Waals surface area contributed by atoms with Crippen LogP contribution < -0.4 is 16.4 Å². The number of aliphatic hydroxyl groups excluding tert-OH is 2. The van der Waals surface area contributed by atoms with E-state index >= 15 is 0 Å². The highest BCUT2D eigenvalue weighted by atomic mass is 32.2. The van der Waals surface area contributed by atoms with Gasteiger partial charge in [0.1, 0.15) is 17.9 Å². The van der Waals surface area contributed by atoms with Crippen LogP contribution in [0.5, 0.6) is 0 Å². The topological polar surface area (TPSA) is 126 Å². The third kappa shape index (κ3) is 2.08. The van der Waals surface area contributed by atoms with Gasteiger partial charge in [0.2, 0.25) is 0 Å². The molecule has 1 saturated heterocycles. The van der Waals surface area contributed by atoms with Crippen molar-refractivity contribution in [3.05, 3.63) is 0 Å². The highest BCUT2D eigenvalue weighted by Gasteiger charge is 2.42. The van der Waals surface area contributed by atoms with Gasteiger partial charge in [0.15, 0.2) is 23.0 Å². The van der Waals surface area contributed by atoms with Gasteiger partial charge in [-0.25, -0.2) is 9.97 Å². The molecule has 0 aliphatic carbocycles. The number of thioether (sulfide) groups is 1. The molecule has 6 N–H and O–H groups in total. The van der Waals surface area contributed by atoms with Gasteiger partial charge in [-0.15, -0.1) is 0 Å². The minimum atomic E-state index is -0.945. The van der Waals surface area contributed by atoms with E-state index in [4.69, 9.17) is 10.5 Å². The number of aliphatic hydroxyl groups is 2. The number of nitrogens with one attached hydrogen (secondary N) is 2. The Bertz CT molecular complexity index is 502. The average molecular weight is 285 g/mol. The summed E-state index contributed by atoms with van der Waals surface area (Å²) in [6.07, 6.45) is -0.476. The zero-order valence-corrected chi connectivity index (χ0v) is 11.0. The molecule has 1 fully saturated rings. The van der Waals surface area contributed by atoms with E-state index in [2.05, 4.69) is 20.6 Å². The lowest BCUT2D eigenvalue weighted by molar-refractivity contribution is -0.121. The van der Waals surface area contributed by atoms with Crippen LogP contribution in [0.2, 0.25) is 0 Å². The zero-order chi connectivity index (χ0) is 13.6. The number of hydrogen-bond donors (Lipinski definition) is 5. The fourth-order valence-electron chi connectivity index (χ4n) is 2.21. The Hall–Kier alpha value is -1.29. The number of fused-ring (bicyclic) bond motifs is 2. The third-order valence-electron chi connectivity index (χ3n) is 3.22. The molecule has 3 rings (SSSR count). The maximum atomic E-state index is 9.97. The molecule has 0 radical (unpaired) electrons. The Labute approximate surface area is 113 Å². The van der Waals surface area contributed by atoms with Gasteiger partial charge >= 0.3 is 0 Å². The largest absolute Gasteiger partial charge is 0.388 e. The highest BCUT2D eigenvalue weighted by Crippen LogP contribution is 2.35. The van der Waals surface area contributed by atoms with Gasteiger partial charge in [0, 0.05) is 0 Å². The predicted molar refractivity (Wildman–Crippen MR) is 71.0 cm³/mol. The summed E-state index contributed by atoms with van der Waals surface area (Å²) in [6, 6.07) is -0.498. The van der Waals surface area contributed by atoms with E-state index in [0.29, 0.717) is 22.5 Å². The predicted octanol–water partition coefficient (Wildman–Crippen LogP) is -0.935. The Morgan fingerprint density at radius 3 is 2.89 bits per heavy atom. The Morgan fingerprint density at radius 1 is 1.37 bits per heavy atom. The van der Waals surface area contributed by atoms with Gasteiger partial charge in [-0.1, -0.05) is 11.8 Å². The van der Waals surface area contributed by atoms with Crippen LogP contribution in [0.4, 0.5) is 17.3 Å². The monoisotopic (exact) mass is 285 g/mol. The van der Waals surface area contributed by atoms with Crippen LogP contribution >= 0.6 is 11.8 Å². The molecule has 0 bridgehead atoms. The first-order valence-corrected chi connectivity index (χ1v) is 7.05. The normalized spacial score (nSPS) is 32.8. The van der Waals surface area contributed by atoms with Crippen molar-refractivity contribution in [3.63, 3.8) is 0 Å². The lowest BCUT2D eigenvalue weighted by atomic mass is 9.99. The molecular formula is C10H15N5O3S. The minimum Gasteiger partial charge on any atom is -0.388 e. The van der Waals surface area contributed by atoms with Crippen LogP contribution in [0, 0.1) is 0 Å². The van der Waals surface area contributed by atoms with Crippen LogP contribution in [0.15, 0.2) is 5.16 Å². The quantitative estimate of drug-likeness (QED) is 0.328. The van der Waals surface area contributed by atoms with Gasteiger partial charge < -0.3 is 31.3 Å². The molecule has 3 heterocycles. The average Bonchev–Trinajstić information content (AvgIpc) is 2.41. The fourth-order valence-corrected chi connectivity index (χ4v) is 2.58. The van der Waals surface area contributed by atoms with Gasteiger partial charge in [-0.2, -0.15) is 0 Å². The lowest BCUT2D eigenvalue weighted by Gasteiger charge is -2.42. The number of hydrogen-bond acceptors (Lipinski definition) is 9. The maximum Gasteiger partial charge on any atom is 0.191 e. The van der Waals surface area contributed by atoms with Crippen molar-refractivity contribution < 1.29 is 14.9 Å². The number of nitrogens with two attached hydrogens (primary N) is 1. The van der Waals surface area contributed by atoms with E-state index in [1.807, 2.05) is 6.26 Å². The lowest BCUT2D eigenvalue weighted by Crippen LogP contribution is -2.60. The van der Waals surface area contributed by atoms with Crippen molar-refractivity contribution in [1.29, 1.82) is 0 Å². The zero-order valence-electron chi connectivity index (χ0n) is 10.2. The smallest absolute Gasteiger partial charge is 0.191 e. The van der Waals surface area contributed by atoms with E-state index in [-0.39, 0.29) is 6.61 Å². The van der Waals surface area contributed by atoms with Crippen molar-refractivity contribution >= 4 is 29.1 Å². The van der Waals surface area contributed by atoms with Crippen LogP contribution in [0.1, 0.15) is 0 Å². The van der Waals surface area contributed by atoms with Crippen molar-refractivity contribution in [2.24, 2.45) is 0 Å². The molecule has 0 amide bonds. The standard InChI is InChI=1S/C10H15N5O3S/c1-19-10-13-7(11)5-8(15-10)14-9-4(12-5)6(17)3(16)2-18-9/h3-4,6,9,12,16-17H,2H2,1H3,(H3,11,13,14,15)/t3-,4+,6-,9-/m0/s1. The van der Waals surface area contributed by atoms with E-state index in [0.717, 1.165) is 0 Å². The van der Waals surface area contributed by atoms with Crippen molar-refractivity contribution in [2.45, 2.75) is 29.6 Å². The number of aromatic nitrogens is 2. The summed E-state index contributed by atoms with van der Waals surface area (Å²) in [4.78, 5) is 8.43. The SMILES string of the molecule is CSc1nc(N)c2c(n1)N[C@H]1OC[C@H](O)[C@H](O)[C@H]1N2. The first kappa shape index (κ1) is 12.7. The number of anilines is 3. The Morgan fingerprint density at radius 2 is 2.16 bits per heavy atom. The summed E-state index contributed by atoms with van der Waals surface area (Å²) in [6.45, 7) is 0.0717. The first-order valence-electron chi connectivity index (χ1n) is 5.82. The van der Waals surface area contributed by atoms with Gasteiger partial charge in [-0.05, 0) is 6.26 Å². The molecule has 2 aliphatic heterocycles. The molecule has 0 unspecified atom stereocenters. The maximum absolute atomic E-state index is 9.97. The van der Waals surface area contributed by atoms with Crippen LogP contribution in [0.3, 0.4) is 0 Å². The van der Waals surface area contributed by atoms with E-state index < -0.39 is 24.5 Å². The highest BCUT2D eigenvalue weighted by molar-refractivity contribution is 7.98. The van der Waals surface area contributed by atoms with Gasteiger partial charge in [0.05, 0.1) is 12.6 Å². The van der Waals surface area contributed by atoms with E-state index in [1.165, 1.54) is 11.8 Å². The fraction of sp³-hybridized carbons (Fsp3) is 0.600. The molecule has 0 aromatic carbocycles. The van der Waals surface area contributed by atoms with Crippen LogP contribution in [-0.4, -0.2) is 57.5 Å². The molecule has 4 atom stereocenters. The van der Waals surface area contributed by atoms with Gasteiger partial charge in [0.25, 0.3) is 0 Å². The minimum absolute atomic E-state index is 0.0717. The molecule has 1 aromatic rings. The Kier molecular flexibility index (Phi) is 3.13. The second-order valence-corrected chi connectivity index (χ2v) is 5.22. The Balaban J connectivity index is 1.95. The number of nitrogens with zero attached hydrogens (tertiary/aromatic N) is 2. The van der Waals surface area contributed by atoms with Crippen molar-refractivity contribution in [3.8, 4) is 0 Å². The second-order valence-electron chi connectivity index (χ2n) is 4.45. The summed E-state index contributed by atoms with van der Waals surface area (Å²) in [7, 11) is 0. The van der Waals surface area contributed by atoms with Crippen LogP contribution in [0.25, 0.3) is 0 Å². The van der Waals surface area contributed by atoms with Crippen molar-refractivity contribution in [2.75, 3.05) is 29.2 Å². The molecule has 104 valence electrons. The molecule has 2 aliphatic rings. The first-order chi connectivity index (χ1) is 9.10. The summed E-state index contributed by atoms with van der Waals surface area (Å²) < 4.78 is 5.44. The summed E-state index contributed by atoms with van der Waals surface area (Å²) in [5.74, 6) is 0.842. The molecule has 0 saturated carbocycles. The van der Waals surface area contributed by atoms with E-state index in [1.54, 1.807) is 0 Å². The summed E-state index contributed by atoms with van der Waals surface area (Å²) in [5.41, 5.74) is 6.39. The summed E-state index contributed by atoms with van der Waals surface area (Å²) in [5, 5.41) is 26.2. The molecular weight excluding hydrogens is 270 g/mol. The van der Waals surface area contributed by atoms with Crippen molar-refractivity contribution in [1.82, 2.24) is 9.97 Å². The molecule has 1 aromatic heterocycles. The molecule has 9 heteroatoms. The van der Waals surface area contributed by atoms with Gasteiger partial charge in [-0.3, -0.25) is 0 Å².